The smallest absolute Gasteiger partial charge is 0.304 e. The number of hydrogen-bond acceptors (Lipinski definition) is 3. The summed E-state index contributed by atoms with van der Waals surface area (Å²) in [5.41, 5.74) is 20.0. The van der Waals surface area contributed by atoms with Crippen LogP contribution in [-0.2, 0) is 45.8 Å². The van der Waals surface area contributed by atoms with Crippen molar-refractivity contribution in [2.45, 2.75) is 39.5 Å². The van der Waals surface area contributed by atoms with Gasteiger partial charge < -0.3 is 9.97 Å². The molecule has 0 bridgehead atoms. The van der Waals surface area contributed by atoms with Gasteiger partial charge in [0.15, 0.2) is 0 Å². The number of fused-ring (bicyclic) bond motifs is 6. The molecule has 3 aromatic heterocycles. The minimum atomic E-state index is 0. The van der Waals surface area contributed by atoms with E-state index in [4.69, 9.17) is 4.98 Å². The second-order valence-electron chi connectivity index (χ2n) is 19.0. The van der Waals surface area contributed by atoms with Gasteiger partial charge in [0.05, 0.1) is 0 Å². The van der Waals surface area contributed by atoms with E-state index in [1.165, 1.54) is 65.7 Å². The van der Waals surface area contributed by atoms with E-state index >= 15 is 0 Å². The maximum absolute atomic E-state index is 5.17. The average Bonchev–Trinajstić information content (AvgIpc) is 3.45. The molecule has 0 saturated heterocycles. The van der Waals surface area contributed by atoms with Crippen molar-refractivity contribution in [3.8, 4) is 67.2 Å². The summed E-state index contributed by atoms with van der Waals surface area (Å²) in [5, 5.41) is 7.53. The maximum atomic E-state index is 5.17. The number of nitrogens with zero attached hydrogens (tertiary/aromatic N) is 3. The van der Waals surface area contributed by atoms with Gasteiger partial charge in [0.2, 0.25) is 0 Å². The molecule has 12 aromatic rings. The Hall–Kier alpha value is -8.14. The number of rotatable bonds is 12. The third-order valence-corrected chi connectivity index (χ3v) is 14.1. The van der Waals surface area contributed by atoms with Crippen molar-refractivity contribution in [1.29, 1.82) is 0 Å². The molecule has 0 aliphatic carbocycles. The third kappa shape index (κ3) is 9.93. The van der Waals surface area contributed by atoms with Gasteiger partial charge in [-0.3, -0.25) is 4.98 Å². The zero-order chi connectivity index (χ0) is 48.4. The molecule has 3 heterocycles. The molecule has 12 rings (SSSR count). The first-order chi connectivity index (χ1) is 35.5. The number of pyridine rings is 3. The zero-order valence-electron chi connectivity index (χ0n) is 40.8. The number of aromatic nitrogens is 3. The monoisotopic (exact) mass is 1110 g/mol. The molecule has 0 radical (unpaired) electrons. The summed E-state index contributed by atoms with van der Waals surface area (Å²) in [5.74, 6) is 0. The van der Waals surface area contributed by atoms with Crippen molar-refractivity contribution in [2.75, 3.05) is 0 Å². The van der Waals surface area contributed by atoms with Crippen molar-refractivity contribution in [3.63, 3.8) is 0 Å². The number of aryl methyl sites for hydroxylation is 6. The van der Waals surface area contributed by atoms with Crippen LogP contribution in [0.25, 0.3) is 99.5 Å². The molecule has 0 atom stereocenters. The Morgan fingerprint density at radius 1 is 0.342 bits per heavy atom. The molecule has 0 aliphatic heterocycles. The minimum Gasteiger partial charge on any atom is -0.304 e. The molecule has 9 aromatic carbocycles. The van der Waals surface area contributed by atoms with Crippen molar-refractivity contribution in [1.82, 2.24) is 15.0 Å². The molecule has 0 spiro atoms. The Morgan fingerprint density at radius 3 is 1.59 bits per heavy atom. The fourth-order valence-corrected chi connectivity index (χ4v) is 10.2. The van der Waals surface area contributed by atoms with E-state index in [0.29, 0.717) is 0 Å². The third-order valence-electron chi connectivity index (χ3n) is 14.1. The van der Waals surface area contributed by atoms with E-state index in [1.807, 2.05) is 24.5 Å². The van der Waals surface area contributed by atoms with Gasteiger partial charge in [0.1, 0.15) is 0 Å². The summed E-state index contributed by atoms with van der Waals surface area (Å²) in [7, 11) is 0. The topological polar surface area (TPSA) is 38.7 Å². The van der Waals surface area contributed by atoms with Gasteiger partial charge >= 0.3 is 20.1 Å². The van der Waals surface area contributed by atoms with Crippen LogP contribution in [0.3, 0.4) is 0 Å². The van der Waals surface area contributed by atoms with Gasteiger partial charge in [-0.2, -0.15) is 29.8 Å². The molecule has 0 saturated carbocycles. The molecule has 350 valence electrons. The molecule has 0 fully saturated rings. The van der Waals surface area contributed by atoms with E-state index in [1.54, 1.807) is 0 Å². The first kappa shape index (κ1) is 47.2. The van der Waals surface area contributed by atoms with Gasteiger partial charge in [-0.05, 0) is 139 Å². The molecule has 0 aliphatic rings. The van der Waals surface area contributed by atoms with Crippen LogP contribution in [-0.4, -0.2) is 15.0 Å². The molecule has 4 heteroatoms. The van der Waals surface area contributed by atoms with E-state index < -0.39 is 0 Å². The summed E-state index contributed by atoms with van der Waals surface area (Å²) >= 11 is 0. The van der Waals surface area contributed by atoms with Crippen LogP contribution in [0, 0.1) is 32.0 Å². The molecule has 3 nitrogen and oxygen atoms in total. The van der Waals surface area contributed by atoms with Crippen LogP contribution >= 0.6 is 0 Å². The average molecular weight is 1110 g/mol. The fourth-order valence-electron chi connectivity index (χ4n) is 10.2. The Morgan fingerprint density at radius 2 is 0.945 bits per heavy atom. The SMILES string of the molecule is Cc1ccc(-c2[c-]cc(CCc3cc(CCc4[c-]cc(-c5ccc(C)cn5)cc4)cc(-c4ccccc4-c4cnc(-c5[c-]cccc5)cc4-c4ccc5c6ccccc6c6ccccc6c5c4)c3)cc2)nc1.[Ir+3]. The van der Waals surface area contributed by atoms with E-state index in [-0.39, 0.29) is 20.1 Å². The van der Waals surface area contributed by atoms with Crippen molar-refractivity contribution in [3.05, 3.63) is 270 Å². The summed E-state index contributed by atoms with van der Waals surface area (Å²) in [6.45, 7) is 4.13. The summed E-state index contributed by atoms with van der Waals surface area (Å²) in [4.78, 5) is 14.5. The second-order valence-corrected chi connectivity index (χ2v) is 19.0. The number of benzene rings is 9. The van der Waals surface area contributed by atoms with Gasteiger partial charge in [-0.15, -0.1) is 76.9 Å². The second kappa shape index (κ2) is 20.9. The molecule has 73 heavy (non-hydrogen) atoms. The van der Waals surface area contributed by atoms with Crippen LogP contribution < -0.4 is 0 Å². The van der Waals surface area contributed by atoms with Crippen molar-refractivity contribution < 1.29 is 20.1 Å². The summed E-state index contributed by atoms with van der Waals surface area (Å²) in [6.07, 6.45) is 9.44. The quantitative estimate of drug-likeness (QED) is 0.0904. The molecular weight excluding hydrogens is 1060 g/mol. The Balaban J connectivity index is 0.00000574. The van der Waals surface area contributed by atoms with E-state index in [9.17, 15) is 0 Å². The van der Waals surface area contributed by atoms with E-state index in [2.05, 4.69) is 236 Å². The Labute approximate surface area is 441 Å². The molecular formula is C69H50IrN3. The van der Waals surface area contributed by atoms with Gasteiger partial charge in [0, 0.05) is 29.8 Å². The minimum absolute atomic E-state index is 0. The van der Waals surface area contributed by atoms with Crippen molar-refractivity contribution >= 4 is 32.3 Å². The van der Waals surface area contributed by atoms with Gasteiger partial charge in [-0.25, -0.2) is 0 Å². The first-order valence-corrected chi connectivity index (χ1v) is 24.9. The summed E-state index contributed by atoms with van der Waals surface area (Å²) in [6, 6.07) is 82.9. The predicted molar refractivity (Wildman–Crippen MR) is 299 cm³/mol. The predicted octanol–water partition coefficient (Wildman–Crippen LogP) is 16.9. The largest absolute Gasteiger partial charge is 3.00 e. The van der Waals surface area contributed by atoms with Crippen LogP contribution in [0.15, 0.2) is 219 Å². The normalized spacial score (nSPS) is 11.3. The number of hydrogen-bond donors (Lipinski definition) is 0. The summed E-state index contributed by atoms with van der Waals surface area (Å²) < 4.78 is 0. The van der Waals surface area contributed by atoms with Gasteiger partial charge in [-0.1, -0.05) is 134 Å². The zero-order valence-corrected chi connectivity index (χ0v) is 43.2. The van der Waals surface area contributed by atoms with Crippen molar-refractivity contribution in [2.24, 2.45) is 0 Å². The Kier molecular flexibility index (Phi) is 13.5. The van der Waals surface area contributed by atoms with Crippen LogP contribution in [0.1, 0.15) is 33.4 Å². The van der Waals surface area contributed by atoms with E-state index in [0.717, 1.165) is 92.8 Å². The van der Waals surface area contributed by atoms with Crippen LogP contribution in [0.4, 0.5) is 0 Å². The molecule has 0 N–H and O–H groups in total. The first-order valence-electron chi connectivity index (χ1n) is 24.9. The fraction of sp³-hybridized carbons (Fsp3) is 0.0870. The maximum Gasteiger partial charge on any atom is 3.00 e. The van der Waals surface area contributed by atoms with Crippen LogP contribution in [0.2, 0.25) is 0 Å². The van der Waals surface area contributed by atoms with Gasteiger partial charge in [0.25, 0.3) is 0 Å². The molecule has 0 amide bonds. The van der Waals surface area contributed by atoms with Crippen LogP contribution in [0.5, 0.6) is 0 Å². The standard InChI is InChI=1S/C69H50N3.Ir/c1-46-20-36-67(70-43-46)53-30-26-48(27-31-53)22-24-50-38-51(25-23-49-28-32-54(33-29-49)68-37-21-47(2)44-71-68)40-56(39-50)57-14-6-7-15-58(57)66-45-72-69(52-12-4-3-5-13-52)42-64(66)55-34-35-63-61-18-9-8-16-59(61)60-17-10-11-19-62(60)65(63)41-55;/h3-12,14-21,26-28,30,32-45H,22-25H2,1-2H3;/q-3;+3. The Bertz CT molecular complexity index is 3760. The molecule has 0 unspecified atom stereocenters.